The van der Waals surface area contributed by atoms with Gasteiger partial charge in [-0.1, -0.05) is 35.0 Å². The van der Waals surface area contributed by atoms with Crippen LogP contribution in [0, 0.1) is 0 Å². The lowest BCUT2D eigenvalue weighted by Crippen LogP contribution is -2.30. The number of nitrogens with two attached hydrogens (primary N) is 1. The first kappa shape index (κ1) is 22.7. The summed E-state index contributed by atoms with van der Waals surface area (Å²) in [6, 6.07) is 13.0. The Morgan fingerprint density at radius 1 is 1.24 bits per heavy atom. The SMILES string of the molecule is Nc1nonc1-n1nnc(C(=O)N=Nc2c(O)[nH]c3ccc(Cl)cc23)c1CN1CCCc2ccccc21. The second-order valence-corrected chi connectivity index (χ2v) is 8.88. The topological polar surface area (TPSA) is 177 Å². The number of carbonyl (C=O) groups is 1. The maximum Gasteiger partial charge on any atom is 0.317 e. The number of azo groups is 1. The van der Waals surface area contributed by atoms with Crippen molar-refractivity contribution in [2.45, 2.75) is 19.4 Å². The number of nitrogens with one attached hydrogen (secondary N) is 1. The third-order valence-corrected chi connectivity index (χ3v) is 6.40. The minimum atomic E-state index is -0.766. The molecule has 0 fully saturated rings. The number of fused-ring (bicyclic) bond motifs is 2. The molecular weight excluding hydrogens is 500 g/mol. The molecule has 3 aromatic heterocycles. The summed E-state index contributed by atoms with van der Waals surface area (Å²) in [6.07, 6.45) is 1.90. The third kappa shape index (κ3) is 4.04. The van der Waals surface area contributed by atoms with Crippen molar-refractivity contribution in [2.24, 2.45) is 10.2 Å². The molecule has 0 bridgehead atoms. The molecule has 1 aliphatic rings. The lowest BCUT2D eigenvalue weighted by atomic mass is 10.0. The Labute approximate surface area is 213 Å². The van der Waals surface area contributed by atoms with E-state index >= 15 is 0 Å². The van der Waals surface area contributed by atoms with Gasteiger partial charge in [0.1, 0.15) is 0 Å². The standard InChI is InChI=1S/C23H19ClN10O3/c24-13-7-8-15-14(10-13)18(22(35)26-15)27-29-23(36)19-17(34(32-28-19)21-20(25)30-37-31-21)11-33-9-3-5-12-4-1-2-6-16(12)33/h1-2,4,6-8,10,26,35H,3,5,9,11H2,(H2,25,30). The van der Waals surface area contributed by atoms with Gasteiger partial charge >= 0.3 is 5.91 Å². The number of benzene rings is 2. The van der Waals surface area contributed by atoms with Crippen molar-refractivity contribution in [1.29, 1.82) is 0 Å². The first-order chi connectivity index (χ1) is 18.0. The van der Waals surface area contributed by atoms with Gasteiger partial charge < -0.3 is 20.7 Å². The summed E-state index contributed by atoms with van der Waals surface area (Å²) in [5.74, 6) is -0.916. The number of aromatic hydroxyl groups is 1. The Morgan fingerprint density at radius 3 is 2.95 bits per heavy atom. The van der Waals surface area contributed by atoms with Gasteiger partial charge in [-0.3, -0.25) is 4.79 Å². The number of halogens is 1. The summed E-state index contributed by atoms with van der Waals surface area (Å²) in [7, 11) is 0. The highest BCUT2D eigenvalue weighted by molar-refractivity contribution is 6.31. The maximum absolute atomic E-state index is 13.2. The predicted octanol–water partition coefficient (Wildman–Crippen LogP) is 3.95. The Hall–Kier alpha value is -4.78. The lowest BCUT2D eigenvalue weighted by Gasteiger charge is -2.31. The molecule has 14 heteroatoms. The van der Waals surface area contributed by atoms with Crippen molar-refractivity contribution >= 4 is 45.6 Å². The van der Waals surface area contributed by atoms with Gasteiger partial charge in [0.2, 0.25) is 17.5 Å². The quantitative estimate of drug-likeness (QED) is 0.290. The van der Waals surface area contributed by atoms with Crippen LogP contribution >= 0.6 is 11.6 Å². The number of nitrogens with zero attached hydrogens (tertiary/aromatic N) is 8. The molecule has 13 nitrogen and oxygen atoms in total. The highest BCUT2D eigenvalue weighted by Crippen LogP contribution is 2.37. The molecule has 1 amide bonds. The fourth-order valence-corrected chi connectivity index (χ4v) is 4.63. The van der Waals surface area contributed by atoms with Crippen LogP contribution in [0.1, 0.15) is 28.2 Å². The molecule has 0 saturated carbocycles. The largest absolute Gasteiger partial charge is 0.493 e. The highest BCUT2D eigenvalue weighted by atomic mass is 35.5. The Balaban J connectivity index is 1.39. The summed E-state index contributed by atoms with van der Waals surface area (Å²) in [4.78, 5) is 18.1. The normalized spacial score (nSPS) is 13.5. The molecule has 186 valence electrons. The number of aryl methyl sites for hydroxylation is 1. The monoisotopic (exact) mass is 518 g/mol. The number of aromatic nitrogens is 6. The zero-order valence-corrected chi connectivity index (χ0v) is 19.9. The second kappa shape index (κ2) is 9.02. The number of hydrogen-bond donors (Lipinski definition) is 3. The van der Waals surface area contributed by atoms with Crippen molar-refractivity contribution in [2.75, 3.05) is 17.2 Å². The number of anilines is 2. The van der Waals surface area contributed by atoms with Gasteiger partial charge in [-0.2, -0.15) is 4.68 Å². The van der Waals surface area contributed by atoms with E-state index in [0.29, 0.717) is 21.6 Å². The molecule has 37 heavy (non-hydrogen) atoms. The molecule has 0 spiro atoms. The summed E-state index contributed by atoms with van der Waals surface area (Å²) < 4.78 is 6.05. The van der Waals surface area contributed by atoms with Crippen LogP contribution in [0.25, 0.3) is 16.7 Å². The number of aromatic amines is 1. The van der Waals surface area contributed by atoms with Crippen LogP contribution < -0.4 is 10.6 Å². The molecule has 0 atom stereocenters. The van der Waals surface area contributed by atoms with E-state index in [9.17, 15) is 9.90 Å². The first-order valence-corrected chi connectivity index (χ1v) is 11.7. The predicted molar refractivity (Wildman–Crippen MR) is 133 cm³/mol. The number of amides is 1. The van der Waals surface area contributed by atoms with Gasteiger partial charge in [0.25, 0.3) is 0 Å². The van der Waals surface area contributed by atoms with Gasteiger partial charge in [0.05, 0.1) is 17.8 Å². The van der Waals surface area contributed by atoms with E-state index in [1.54, 1.807) is 18.2 Å². The van der Waals surface area contributed by atoms with Crippen molar-refractivity contribution in [3.05, 3.63) is 64.4 Å². The smallest absolute Gasteiger partial charge is 0.317 e. The minimum absolute atomic E-state index is 0.00795. The van der Waals surface area contributed by atoms with E-state index in [2.05, 4.69) is 46.8 Å². The van der Waals surface area contributed by atoms with E-state index < -0.39 is 5.91 Å². The average molecular weight is 519 g/mol. The molecule has 4 N–H and O–H groups in total. The number of hydrogen-bond acceptors (Lipinski definition) is 10. The zero-order chi connectivity index (χ0) is 25.5. The number of nitrogen functional groups attached to an aromatic ring is 1. The number of para-hydroxylation sites is 1. The molecule has 0 unspecified atom stereocenters. The third-order valence-electron chi connectivity index (χ3n) is 6.16. The van der Waals surface area contributed by atoms with E-state index in [1.165, 1.54) is 10.2 Å². The molecular formula is C23H19ClN10O3. The van der Waals surface area contributed by atoms with Gasteiger partial charge in [0.15, 0.2) is 11.4 Å². The van der Waals surface area contributed by atoms with Gasteiger partial charge in [0, 0.05) is 22.6 Å². The van der Waals surface area contributed by atoms with Crippen LogP contribution in [-0.2, 0) is 13.0 Å². The fourth-order valence-electron chi connectivity index (χ4n) is 4.45. The number of rotatable bonds is 5. The van der Waals surface area contributed by atoms with Crippen LogP contribution in [0.3, 0.4) is 0 Å². The Bertz CT molecular complexity index is 1670. The second-order valence-electron chi connectivity index (χ2n) is 8.44. The molecule has 0 aliphatic carbocycles. The summed E-state index contributed by atoms with van der Waals surface area (Å²) in [6.45, 7) is 1.02. The highest BCUT2D eigenvalue weighted by Gasteiger charge is 2.27. The van der Waals surface area contributed by atoms with Gasteiger partial charge in [-0.25, -0.2) is 4.63 Å². The van der Waals surface area contributed by atoms with Gasteiger partial charge in [-0.05, 0) is 53.0 Å². The lowest BCUT2D eigenvalue weighted by molar-refractivity contribution is 0.0989. The molecule has 2 aromatic carbocycles. The Kier molecular flexibility index (Phi) is 5.53. The fraction of sp³-hybridized carbons (Fsp3) is 0.174. The molecule has 0 saturated heterocycles. The van der Waals surface area contributed by atoms with Crippen molar-refractivity contribution < 1.29 is 14.5 Å². The van der Waals surface area contributed by atoms with Crippen LogP contribution in [0.15, 0.2) is 57.3 Å². The minimum Gasteiger partial charge on any atom is -0.493 e. The molecule has 4 heterocycles. The molecule has 1 aliphatic heterocycles. The van der Waals surface area contributed by atoms with Crippen molar-refractivity contribution in [3.8, 4) is 11.7 Å². The molecule has 0 radical (unpaired) electrons. The number of H-pyrrole nitrogens is 1. The van der Waals surface area contributed by atoms with Crippen LogP contribution in [0.2, 0.25) is 5.02 Å². The van der Waals surface area contributed by atoms with Crippen molar-refractivity contribution in [3.63, 3.8) is 0 Å². The average Bonchev–Trinajstić information content (AvgIpc) is 3.59. The van der Waals surface area contributed by atoms with Crippen molar-refractivity contribution in [1.82, 2.24) is 30.3 Å². The Morgan fingerprint density at radius 2 is 2.11 bits per heavy atom. The summed E-state index contributed by atoms with van der Waals surface area (Å²) in [5, 5.41) is 34.6. The van der Waals surface area contributed by atoms with E-state index in [-0.39, 0.29) is 35.4 Å². The molecule has 5 aromatic rings. The zero-order valence-electron chi connectivity index (χ0n) is 19.2. The van der Waals surface area contributed by atoms with E-state index in [0.717, 1.165) is 25.1 Å². The summed E-state index contributed by atoms with van der Waals surface area (Å²) >= 11 is 6.08. The molecule has 6 rings (SSSR count). The first-order valence-electron chi connectivity index (χ1n) is 11.3. The van der Waals surface area contributed by atoms with Gasteiger partial charge in [-0.15, -0.1) is 15.3 Å². The van der Waals surface area contributed by atoms with Crippen LogP contribution in [0.5, 0.6) is 5.88 Å². The van der Waals surface area contributed by atoms with Crippen LogP contribution in [0.4, 0.5) is 17.2 Å². The summed E-state index contributed by atoms with van der Waals surface area (Å²) in [5.41, 5.74) is 9.16. The van der Waals surface area contributed by atoms with Crippen LogP contribution in [-0.4, -0.2) is 47.8 Å². The maximum atomic E-state index is 13.2. The van der Waals surface area contributed by atoms with E-state index in [1.807, 2.05) is 18.2 Å². The van der Waals surface area contributed by atoms with E-state index in [4.69, 9.17) is 22.0 Å². The number of carbonyl (C=O) groups excluding carboxylic acids is 1.